The van der Waals surface area contributed by atoms with Gasteiger partial charge in [-0.15, -0.1) is 0 Å². The van der Waals surface area contributed by atoms with Crippen LogP contribution in [0.25, 0.3) is 26.9 Å². The molecule has 2 aliphatic heterocycles. The maximum absolute atomic E-state index is 12.3. The van der Waals surface area contributed by atoms with Gasteiger partial charge in [-0.25, -0.2) is 4.79 Å². The van der Waals surface area contributed by atoms with Crippen molar-refractivity contribution >= 4 is 51.8 Å². The molecule has 266 valence electrons. The average molecular weight is 699 g/mol. The van der Waals surface area contributed by atoms with Crippen molar-refractivity contribution in [2.24, 2.45) is 5.11 Å². The number of urea groups is 1. The second-order valence-corrected chi connectivity index (χ2v) is 12.8. The van der Waals surface area contributed by atoms with E-state index < -0.39 is 0 Å². The lowest BCUT2D eigenvalue weighted by molar-refractivity contribution is -0.121. The number of benzene rings is 1. The van der Waals surface area contributed by atoms with Crippen LogP contribution in [-0.2, 0) is 28.5 Å². The molecule has 0 saturated carbocycles. The molecule has 0 unspecified atom stereocenters. The van der Waals surface area contributed by atoms with Crippen LogP contribution in [0.1, 0.15) is 38.2 Å². The molecule has 3 heterocycles. The normalized spacial score (nSPS) is 18.4. The molecule has 0 bridgehead atoms. The van der Waals surface area contributed by atoms with Gasteiger partial charge in [0.05, 0.1) is 70.5 Å². The number of nitrogens with one attached hydrogen (secondary N) is 4. The number of nitrogens with zero attached hydrogens (tertiary/aromatic N) is 4. The minimum absolute atomic E-state index is 0.0297. The third kappa shape index (κ3) is 13.5. The minimum atomic E-state index is -0.231. The zero-order chi connectivity index (χ0) is 34.7. The molecule has 4 amide bonds. The highest BCUT2D eigenvalue weighted by atomic mass is 32.2. The van der Waals surface area contributed by atoms with Crippen LogP contribution in [0.4, 0.5) is 10.5 Å². The molecule has 1 aromatic heterocycles. The standard InChI is InChI=1S/C33H46N8O7S/c1-23(25-19-24-20-26(40-41-34)6-7-27(24)37-21-25)18-31(43)36-9-11-46-13-15-48-17-16-47-14-12-45-10-8-35-30(42)5-3-2-4-29-32-28(22-49-29)38-33(44)39-32/h6-7,18-21,28-29,32H,2-5,8-17,22H2,1H3,(H,35,42)(H,36,43)(H2,38,39,44)/b23-18+/t28-,29-,32-/m0/s1. The van der Waals surface area contributed by atoms with Gasteiger partial charge in [0, 0.05) is 58.8 Å². The van der Waals surface area contributed by atoms with Crippen molar-refractivity contribution in [3.63, 3.8) is 0 Å². The average Bonchev–Trinajstić information content (AvgIpc) is 3.65. The molecule has 0 aliphatic carbocycles. The van der Waals surface area contributed by atoms with Gasteiger partial charge in [0.15, 0.2) is 0 Å². The molecule has 0 radical (unpaired) electrons. The Morgan fingerprint density at radius 2 is 1.69 bits per heavy atom. The Labute approximate surface area is 290 Å². The van der Waals surface area contributed by atoms with Crippen molar-refractivity contribution in [2.45, 2.75) is 49.9 Å². The topological polar surface area (TPSA) is 198 Å². The lowest BCUT2D eigenvalue weighted by atomic mass is 10.0. The summed E-state index contributed by atoms with van der Waals surface area (Å²) in [6.07, 6.45) is 6.51. The van der Waals surface area contributed by atoms with Gasteiger partial charge in [-0.2, -0.15) is 11.8 Å². The maximum Gasteiger partial charge on any atom is 0.315 e. The van der Waals surface area contributed by atoms with Crippen LogP contribution in [0.15, 0.2) is 41.7 Å². The van der Waals surface area contributed by atoms with E-state index in [1.165, 1.54) is 6.08 Å². The molecule has 3 atom stereocenters. The van der Waals surface area contributed by atoms with E-state index >= 15 is 0 Å². The van der Waals surface area contributed by atoms with Gasteiger partial charge in [0.1, 0.15) is 0 Å². The maximum atomic E-state index is 12.3. The van der Waals surface area contributed by atoms with E-state index in [1.54, 1.807) is 24.4 Å². The minimum Gasteiger partial charge on any atom is -0.377 e. The molecule has 0 spiro atoms. The van der Waals surface area contributed by atoms with Gasteiger partial charge in [0.2, 0.25) is 11.8 Å². The van der Waals surface area contributed by atoms with Gasteiger partial charge in [-0.3, -0.25) is 14.6 Å². The van der Waals surface area contributed by atoms with E-state index in [-0.39, 0.29) is 29.9 Å². The molecule has 2 saturated heterocycles. The largest absolute Gasteiger partial charge is 0.377 e. The van der Waals surface area contributed by atoms with E-state index in [2.05, 4.69) is 36.3 Å². The summed E-state index contributed by atoms with van der Waals surface area (Å²) in [5.74, 6) is 0.750. The van der Waals surface area contributed by atoms with Crippen LogP contribution in [0.2, 0.25) is 0 Å². The molecule has 49 heavy (non-hydrogen) atoms. The summed E-state index contributed by atoms with van der Waals surface area (Å²) in [5.41, 5.74) is 11.5. The number of unbranched alkanes of at least 4 members (excludes halogenated alkanes) is 1. The Balaban J connectivity index is 0.896. The molecule has 15 nitrogen and oxygen atoms in total. The molecule has 16 heteroatoms. The number of carbonyl (C=O) groups excluding carboxylic acids is 3. The number of carbonyl (C=O) groups is 3. The zero-order valence-corrected chi connectivity index (χ0v) is 28.7. The van der Waals surface area contributed by atoms with Crippen LogP contribution < -0.4 is 21.3 Å². The summed E-state index contributed by atoms with van der Waals surface area (Å²) in [6, 6.07) is 7.52. The summed E-state index contributed by atoms with van der Waals surface area (Å²) in [5, 5.41) is 16.5. The quantitative estimate of drug-likeness (QED) is 0.0335. The summed E-state index contributed by atoms with van der Waals surface area (Å²) in [6.45, 7) is 6.01. The molecule has 2 fully saturated rings. The first-order valence-electron chi connectivity index (χ1n) is 16.6. The third-order valence-corrected chi connectivity index (χ3v) is 9.45. The van der Waals surface area contributed by atoms with Crippen molar-refractivity contribution in [1.29, 1.82) is 0 Å². The number of aromatic nitrogens is 1. The highest BCUT2D eigenvalue weighted by Gasteiger charge is 2.42. The molecule has 4 rings (SSSR count). The van der Waals surface area contributed by atoms with E-state index in [0.717, 1.165) is 47.1 Å². The molecular weight excluding hydrogens is 652 g/mol. The highest BCUT2D eigenvalue weighted by Crippen LogP contribution is 2.33. The monoisotopic (exact) mass is 698 g/mol. The number of hydrogen-bond acceptors (Lipinski definition) is 10. The van der Waals surface area contributed by atoms with Gasteiger partial charge >= 0.3 is 6.03 Å². The number of pyridine rings is 1. The number of hydrogen-bond donors (Lipinski definition) is 4. The number of rotatable bonds is 23. The number of fused-ring (bicyclic) bond motifs is 2. The van der Waals surface area contributed by atoms with Crippen molar-refractivity contribution in [3.05, 3.63) is 52.5 Å². The summed E-state index contributed by atoms with van der Waals surface area (Å²) in [4.78, 5) is 43.0. The number of allylic oxidation sites excluding steroid dienone is 1. The van der Waals surface area contributed by atoms with Crippen LogP contribution in [0.5, 0.6) is 0 Å². The third-order valence-electron chi connectivity index (χ3n) is 7.94. The predicted octanol–water partition coefficient (Wildman–Crippen LogP) is 3.60. The lowest BCUT2D eigenvalue weighted by Gasteiger charge is -2.16. The fraction of sp³-hybridized carbons (Fsp3) is 0.576. The molecule has 2 aromatic rings. The Bertz CT molecular complexity index is 1470. The summed E-state index contributed by atoms with van der Waals surface area (Å²) >= 11 is 1.89. The lowest BCUT2D eigenvalue weighted by Crippen LogP contribution is -2.36. The number of azide groups is 1. The van der Waals surface area contributed by atoms with Crippen LogP contribution in [0, 0.1) is 0 Å². The van der Waals surface area contributed by atoms with Gasteiger partial charge in [-0.1, -0.05) is 17.6 Å². The molecule has 4 N–H and O–H groups in total. The Kier molecular flexibility index (Phi) is 16.4. The predicted molar refractivity (Wildman–Crippen MR) is 187 cm³/mol. The van der Waals surface area contributed by atoms with E-state index in [1.807, 2.05) is 24.8 Å². The fourth-order valence-electron chi connectivity index (χ4n) is 5.41. The first kappa shape index (κ1) is 37.9. The van der Waals surface area contributed by atoms with Crippen molar-refractivity contribution < 1.29 is 33.3 Å². The number of amides is 4. The van der Waals surface area contributed by atoms with Crippen LogP contribution in [0.3, 0.4) is 0 Å². The highest BCUT2D eigenvalue weighted by molar-refractivity contribution is 8.00. The summed E-state index contributed by atoms with van der Waals surface area (Å²) < 4.78 is 22.0. The Morgan fingerprint density at radius 1 is 1.00 bits per heavy atom. The van der Waals surface area contributed by atoms with Crippen molar-refractivity contribution in [2.75, 3.05) is 71.7 Å². The SMILES string of the molecule is C/C(=C\C(=O)NCCOCCOCCOCCOCCNC(=O)CCCC[C@@H]1SC[C@@H]2NC(=O)N[C@@H]21)c1cnc2ccc(N=[N+]=[N-])cc2c1. The molecular formula is C33H46N8O7S. The van der Waals surface area contributed by atoms with Gasteiger partial charge < -0.3 is 40.2 Å². The summed E-state index contributed by atoms with van der Waals surface area (Å²) in [7, 11) is 0. The zero-order valence-electron chi connectivity index (χ0n) is 27.9. The first-order valence-corrected chi connectivity index (χ1v) is 17.7. The number of ether oxygens (including phenoxy) is 4. The van der Waals surface area contributed by atoms with Crippen molar-refractivity contribution in [1.82, 2.24) is 26.3 Å². The molecule has 1 aromatic carbocycles. The second kappa shape index (κ2) is 21.2. The Hall–Kier alpha value is -3.92. The smallest absolute Gasteiger partial charge is 0.315 e. The fourth-order valence-corrected chi connectivity index (χ4v) is 6.96. The number of thioether (sulfide) groups is 1. The second-order valence-electron chi connectivity index (χ2n) is 11.6. The van der Waals surface area contributed by atoms with Crippen LogP contribution >= 0.6 is 11.8 Å². The molecule has 2 aliphatic rings. The first-order chi connectivity index (χ1) is 23.9. The van der Waals surface area contributed by atoms with E-state index in [4.69, 9.17) is 24.5 Å². The van der Waals surface area contributed by atoms with E-state index in [0.29, 0.717) is 83.3 Å². The van der Waals surface area contributed by atoms with Gasteiger partial charge in [-0.05, 0) is 54.6 Å². The van der Waals surface area contributed by atoms with Crippen LogP contribution in [-0.4, -0.2) is 112 Å². The van der Waals surface area contributed by atoms with Crippen molar-refractivity contribution in [3.8, 4) is 0 Å². The van der Waals surface area contributed by atoms with E-state index in [9.17, 15) is 14.4 Å². The Morgan fingerprint density at radius 3 is 2.41 bits per heavy atom. The van der Waals surface area contributed by atoms with Gasteiger partial charge in [0.25, 0.3) is 0 Å².